The van der Waals surface area contributed by atoms with Gasteiger partial charge in [-0.15, -0.1) is 0 Å². The van der Waals surface area contributed by atoms with Crippen LogP contribution in [0.1, 0.15) is 12.0 Å². The van der Waals surface area contributed by atoms with E-state index >= 15 is 0 Å². The highest BCUT2D eigenvalue weighted by atomic mass is 16.2. The van der Waals surface area contributed by atoms with Crippen LogP contribution < -0.4 is 4.90 Å². The van der Waals surface area contributed by atoms with E-state index in [1.165, 1.54) is 0 Å². The van der Waals surface area contributed by atoms with Crippen molar-refractivity contribution in [1.29, 1.82) is 0 Å². The van der Waals surface area contributed by atoms with Gasteiger partial charge in [-0.1, -0.05) is 12.1 Å². The molecule has 0 aromatic carbocycles. The number of rotatable bonds is 4. The minimum Gasteiger partial charge on any atom is -0.353 e. The summed E-state index contributed by atoms with van der Waals surface area (Å²) in [6.45, 7) is 3.22. The van der Waals surface area contributed by atoms with Crippen LogP contribution in [0.25, 0.3) is 0 Å². The van der Waals surface area contributed by atoms with Gasteiger partial charge in [-0.05, 0) is 30.2 Å². The van der Waals surface area contributed by atoms with Gasteiger partial charge in [-0.25, -0.2) is 4.98 Å². The van der Waals surface area contributed by atoms with E-state index in [0.717, 1.165) is 44.0 Å². The number of aryl methyl sites for hydroxylation is 1. The van der Waals surface area contributed by atoms with E-state index in [-0.39, 0.29) is 5.91 Å². The van der Waals surface area contributed by atoms with Crippen molar-refractivity contribution >= 4 is 11.7 Å². The summed E-state index contributed by atoms with van der Waals surface area (Å²) in [5, 5.41) is 0. The molecule has 1 amide bonds. The van der Waals surface area contributed by atoms with Crippen LogP contribution in [-0.4, -0.2) is 47.0 Å². The summed E-state index contributed by atoms with van der Waals surface area (Å²) in [6.07, 6.45) is 6.69. The molecule has 2 aromatic heterocycles. The van der Waals surface area contributed by atoms with Gasteiger partial charge in [0.1, 0.15) is 5.82 Å². The van der Waals surface area contributed by atoms with Crippen LogP contribution in [0.4, 0.5) is 5.82 Å². The van der Waals surface area contributed by atoms with Crippen LogP contribution in [0, 0.1) is 0 Å². The Hall–Kier alpha value is -2.43. The first kappa shape index (κ1) is 14.5. The molecule has 1 aliphatic heterocycles. The third-order valence-electron chi connectivity index (χ3n) is 3.96. The number of carbonyl (C=O) groups is 1. The standard InChI is InChI=1S/C17H20N4O/c22-17(7-6-15-4-3-8-18-14-15)21-12-10-20(11-13-21)16-5-1-2-9-19-16/h1-5,8-9,14H,6-7,10-13H2. The SMILES string of the molecule is O=C(CCc1cccnc1)N1CCN(c2ccccn2)CC1. The number of aromatic nitrogens is 2. The fourth-order valence-electron chi connectivity index (χ4n) is 2.68. The Balaban J connectivity index is 1.48. The van der Waals surface area contributed by atoms with Crippen LogP contribution in [0.15, 0.2) is 48.9 Å². The molecule has 5 nitrogen and oxygen atoms in total. The average molecular weight is 296 g/mol. The third-order valence-corrected chi connectivity index (χ3v) is 3.96. The lowest BCUT2D eigenvalue weighted by Gasteiger charge is -2.35. The highest BCUT2D eigenvalue weighted by Crippen LogP contribution is 2.13. The highest BCUT2D eigenvalue weighted by Gasteiger charge is 2.21. The molecule has 5 heteroatoms. The summed E-state index contributed by atoms with van der Waals surface area (Å²) in [6, 6.07) is 9.85. The van der Waals surface area contributed by atoms with E-state index in [1.807, 2.05) is 41.4 Å². The fraction of sp³-hybridized carbons (Fsp3) is 0.353. The van der Waals surface area contributed by atoms with Gasteiger partial charge in [0.2, 0.25) is 5.91 Å². The summed E-state index contributed by atoms with van der Waals surface area (Å²) in [5.74, 6) is 1.22. The highest BCUT2D eigenvalue weighted by molar-refractivity contribution is 5.76. The lowest BCUT2D eigenvalue weighted by Crippen LogP contribution is -2.49. The molecule has 0 aliphatic carbocycles. The molecule has 22 heavy (non-hydrogen) atoms. The number of hydrogen-bond donors (Lipinski definition) is 0. The Morgan fingerprint density at radius 1 is 1.05 bits per heavy atom. The van der Waals surface area contributed by atoms with Crippen molar-refractivity contribution in [2.45, 2.75) is 12.8 Å². The quantitative estimate of drug-likeness (QED) is 0.862. The Morgan fingerprint density at radius 2 is 1.91 bits per heavy atom. The Kier molecular flexibility index (Phi) is 4.63. The first-order valence-corrected chi connectivity index (χ1v) is 7.65. The number of pyridine rings is 2. The minimum absolute atomic E-state index is 0.226. The van der Waals surface area contributed by atoms with Crippen LogP contribution in [0.2, 0.25) is 0 Å². The lowest BCUT2D eigenvalue weighted by atomic mass is 10.1. The largest absolute Gasteiger partial charge is 0.353 e. The molecule has 1 aliphatic rings. The Labute approximate surface area is 130 Å². The van der Waals surface area contributed by atoms with Crippen molar-refractivity contribution < 1.29 is 4.79 Å². The summed E-state index contributed by atoms with van der Waals surface area (Å²) in [5.41, 5.74) is 1.11. The normalized spacial score (nSPS) is 14.9. The van der Waals surface area contributed by atoms with Crippen molar-refractivity contribution in [2.24, 2.45) is 0 Å². The smallest absolute Gasteiger partial charge is 0.223 e. The number of carbonyl (C=O) groups excluding carboxylic acids is 1. The summed E-state index contributed by atoms with van der Waals surface area (Å²) >= 11 is 0. The zero-order valence-corrected chi connectivity index (χ0v) is 12.6. The number of anilines is 1. The van der Waals surface area contributed by atoms with E-state index in [9.17, 15) is 4.79 Å². The molecule has 0 N–H and O–H groups in total. The van der Waals surface area contributed by atoms with Crippen molar-refractivity contribution in [2.75, 3.05) is 31.1 Å². The molecule has 1 fully saturated rings. The van der Waals surface area contributed by atoms with E-state index in [4.69, 9.17) is 0 Å². The second kappa shape index (κ2) is 7.02. The zero-order chi connectivity index (χ0) is 15.2. The third kappa shape index (κ3) is 3.61. The molecule has 114 valence electrons. The van der Waals surface area contributed by atoms with Crippen LogP contribution >= 0.6 is 0 Å². The molecular formula is C17H20N4O. The Bertz CT molecular complexity index is 595. The maximum absolute atomic E-state index is 12.3. The monoisotopic (exact) mass is 296 g/mol. The van der Waals surface area contributed by atoms with Gasteiger partial charge < -0.3 is 9.80 Å². The minimum atomic E-state index is 0.226. The number of nitrogens with zero attached hydrogens (tertiary/aromatic N) is 4. The first-order chi connectivity index (χ1) is 10.8. The number of amides is 1. The van der Waals surface area contributed by atoms with E-state index in [0.29, 0.717) is 6.42 Å². The van der Waals surface area contributed by atoms with Gasteiger partial charge in [0, 0.05) is 51.2 Å². The first-order valence-electron chi connectivity index (χ1n) is 7.65. The molecule has 0 atom stereocenters. The molecule has 0 radical (unpaired) electrons. The molecule has 0 bridgehead atoms. The van der Waals surface area contributed by atoms with Gasteiger partial charge in [0.05, 0.1) is 0 Å². The van der Waals surface area contributed by atoms with Gasteiger partial charge >= 0.3 is 0 Å². The van der Waals surface area contributed by atoms with Gasteiger partial charge in [0.25, 0.3) is 0 Å². The predicted octanol–water partition coefficient (Wildman–Crippen LogP) is 1.76. The molecule has 2 aromatic rings. The molecule has 1 saturated heterocycles. The van der Waals surface area contributed by atoms with Crippen molar-refractivity contribution in [1.82, 2.24) is 14.9 Å². The summed E-state index contributed by atoms with van der Waals surface area (Å²) < 4.78 is 0. The molecular weight excluding hydrogens is 276 g/mol. The van der Waals surface area contributed by atoms with E-state index < -0.39 is 0 Å². The number of piperazine rings is 1. The van der Waals surface area contributed by atoms with E-state index in [1.54, 1.807) is 12.4 Å². The second-order valence-electron chi connectivity index (χ2n) is 5.42. The van der Waals surface area contributed by atoms with Crippen molar-refractivity contribution in [3.63, 3.8) is 0 Å². The topological polar surface area (TPSA) is 49.3 Å². The van der Waals surface area contributed by atoms with Crippen molar-refractivity contribution in [3.05, 3.63) is 54.5 Å². The molecule has 3 heterocycles. The molecule has 0 spiro atoms. The number of hydrogen-bond acceptors (Lipinski definition) is 4. The van der Waals surface area contributed by atoms with Gasteiger partial charge in [-0.2, -0.15) is 0 Å². The van der Waals surface area contributed by atoms with Gasteiger partial charge in [0.15, 0.2) is 0 Å². The van der Waals surface area contributed by atoms with Gasteiger partial charge in [-0.3, -0.25) is 9.78 Å². The predicted molar refractivity (Wildman–Crippen MR) is 85.6 cm³/mol. The maximum Gasteiger partial charge on any atom is 0.223 e. The summed E-state index contributed by atoms with van der Waals surface area (Å²) in [7, 11) is 0. The maximum atomic E-state index is 12.3. The zero-order valence-electron chi connectivity index (χ0n) is 12.6. The average Bonchev–Trinajstić information content (AvgIpc) is 2.61. The molecule has 0 unspecified atom stereocenters. The second-order valence-corrected chi connectivity index (χ2v) is 5.42. The Morgan fingerprint density at radius 3 is 2.59 bits per heavy atom. The lowest BCUT2D eigenvalue weighted by molar-refractivity contribution is -0.131. The van der Waals surface area contributed by atoms with E-state index in [2.05, 4.69) is 14.9 Å². The van der Waals surface area contributed by atoms with Crippen LogP contribution in [0.3, 0.4) is 0 Å². The van der Waals surface area contributed by atoms with Crippen molar-refractivity contribution in [3.8, 4) is 0 Å². The summed E-state index contributed by atoms with van der Waals surface area (Å²) in [4.78, 5) is 24.9. The van der Waals surface area contributed by atoms with Crippen LogP contribution in [0.5, 0.6) is 0 Å². The molecule has 0 saturated carbocycles. The fourth-order valence-corrected chi connectivity index (χ4v) is 2.68. The molecule has 3 rings (SSSR count). The van der Waals surface area contributed by atoms with Crippen LogP contribution in [-0.2, 0) is 11.2 Å².